The maximum atomic E-state index is 11.6. The van der Waals surface area contributed by atoms with Crippen molar-refractivity contribution in [3.05, 3.63) is 0 Å². The Balaban J connectivity index is 2.93. The summed E-state index contributed by atoms with van der Waals surface area (Å²) >= 11 is 0. The first-order valence-electron chi connectivity index (χ1n) is 5.84. The van der Waals surface area contributed by atoms with E-state index in [-0.39, 0.29) is 22.2 Å². The van der Waals surface area contributed by atoms with E-state index in [1.165, 1.54) is 7.11 Å². The molecule has 0 aromatic heterocycles. The van der Waals surface area contributed by atoms with Crippen molar-refractivity contribution in [1.29, 1.82) is 0 Å². The van der Waals surface area contributed by atoms with Crippen molar-refractivity contribution >= 4 is 5.97 Å². The van der Waals surface area contributed by atoms with Crippen molar-refractivity contribution in [2.75, 3.05) is 7.11 Å². The van der Waals surface area contributed by atoms with E-state index in [1.54, 1.807) is 0 Å². The lowest BCUT2D eigenvalue weighted by atomic mass is 9.76. The molecule has 1 fully saturated rings. The van der Waals surface area contributed by atoms with Gasteiger partial charge in [0.15, 0.2) is 0 Å². The van der Waals surface area contributed by atoms with E-state index in [0.717, 1.165) is 0 Å². The summed E-state index contributed by atoms with van der Waals surface area (Å²) in [6, 6.07) is -0.552. The fraction of sp³-hybridized carbons (Fsp3) is 0.923. The number of rotatable bonds is 3. The van der Waals surface area contributed by atoms with Gasteiger partial charge in [-0.25, -0.2) is 0 Å². The van der Waals surface area contributed by atoms with Crippen molar-refractivity contribution in [3.63, 3.8) is 0 Å². The Morgan fingerprint density at radius 2 is 1.62 bits per heavy atom. The monoisotopic (exact) mass is 227 g/mol. The van der Waals surface area contributed by atoms with Crippen LogP contribution in [0.5, 0.6) is 0 Å². The highest BCUT2D eigenvalue weighted by Crippen LogP contribution is 2.74. The van der Waals surface area contributed by atoms with E-state index < -0.39 is 6.04 Å². The smallest absolute Gasteiger partial charge is 0.323 e. The average molecular weight is 227 g/mol. The van der Waals surface area contributed by atoms with Gasteiger partial charge in [0.25, 0.3) is 0 Å². The summed E-state index contributed by atoms with van der Waals surface area (Å²) in [5, 5.41) is 0. The molecule has 3 heteroatoms. The third kappa shape index (κ3) is 1.56. The molecule has 3 nitrogen and oxygen atoms in total. The first-order valence-corrected chi connectivity index (χ1v) is 5.84. The van der Waals surface area contributed by atoms with Crippen molar-refractivity contribution in [1.82, 2.24) is 0 Å². The highest BCUT2D eigenvalue weighted by atomic mass is 16.5. The van der Waals surface area contributed by atoms with Crippen molar-refractivity contribution in [3.8, 4) is 0 Å². The lowest BCUT2D eigenvalue weighted by molar-refractivity contribution is -0.145. The molecule has 0 radical (unpaired) electrons. The average Bonchev–Trinajstić information content (AvgIpc) is 2.55. The molecule has 1 aliphatic carbocycles. The fourth-order valence-corrected chi connectivity index (χ4v) is 3.67. The Labute approximate surface area is 98.7 Å². The van der Waals surface area contributed by atoms with Crippen molar-refractivity contribution in [2.45, 2.75) is 47.6 Å². The lowest BCUT2D eigenvalue weighted by Gasteiger charge is -2.32. The molecule has 1 unspecified atom stereocenters. The Kier molecular flexibility index (Phi) is 2.92. The number of carbonyl (C=O) groups excluding carboxylic acids is 1. The van der Waals surface area contributed by atoms with Gasteiger partial charge in [-0.05, 0) is 22.2 Å². The number of methoxy groups -OCH3 is 1. The minimum absolute atomic E-state index is 0.224. The first-order chi connectivity index (χ1) is 7.01. The maximum Gasteiger partial charge on any atom is 0.323 e. The second kappa shape index (κ2) is 3.46. The molecule has 0 saturated heterocycles. The van der Waals surface area contributed by atoms with Gasteiger partial charge in [0.05, 0.1) is 7.11 Å². The van der Waals surface area contributed by atoms with Crippen LogP contribution in [-0.2, 0) is 9.53 Å². The summed E-state index contributed by atoms with van der Waals surface area (Å²) < 4.78 is 4.75. The molecule has 0 heterocycles. The van der Waals surface area contributed by atoms with E-state index >= 15 is 0 Å². The highest BCUT2D eigenvalue weighted by Gasteiger charge is 2.70. The van der Waals surface area contributed by atoms with Crippen LogP contribution in [0.1, 0.15) is 41.5 Å². The van der Waals surface area contributed by atoms with Gasteiger partial charge in [-0.15, -0.1) is 0 Å². The molecule has 0 bridgehead atoms. The van der Waals surface area contributed by atoms with Gasteiger partial charge < -0.3 is 10.5 Å². The summed E-state index contributed by atoms with van der Waals surface area (Å²) in [7, 11) is 1.39. The van der Waals surface area contributed by atoms with Crippen molar-refractivity contribution < 1.29 is 9.53 Å². The third-order valence-electron chi connectivity index (χ3n) is 5.02. The molecule has 2 N–H and O–H groups in total. The van der Waals surface area contributed by atoms with E-state index in [2.05, 4.69) is 41.5 Å². The Hall–Kier alpha value is -0.570. The molecule has 1 aliphatic rings. The van der Waals surface area contributed by atoms with Crippen LogP contribution in [0.25, 0.3) is 0 Å². The minimum atomic E-state index is -0.552. The highest BCUT2D eigenvalue weighted by molar-refractivity contribution is 5.76. The van der Waals surface area contributed by atoms with Crippen LogP contribution in [0.4, 0.5) is 0 Å². The van der Waals surface area contributed by atoms with Crippen LogP contribution in [-0.4, -0.2) is 19.1 Å². The van der Waals surface area contributed by atoms with E-state index in [9.17, 15) is 4.79 Å². The van der Waals surface area contributed by atoms with Gasteiger partial charge in [-0.2, -0.15) is 0 Å². The minimum Gasteiger partial charge on any atom is -0.468 e. The Morgan fingerprint density at radius 3 is 1.88 bits per heavy atom. The van der Waals surface area contributed by atoms with Gasteiger partial charge >= 0.3 is 5.97 Å². The van der Waals surface area contributed by atoms with Crippen LogP contribution in [0.2, 0.25) is 0 Å². The summed E-state index contributed by atoms with van der Waals surface area (Å²) in [5.41, 5.74) is 6.23. The molecule has 0 aromatic rings. The van der Waals surface area contributed by atoms with Gasteiger partial charge in [0.2, 0.25) is 0 Å². The number of esters is 1. The quantitative estimate of drug-likeness (QED) is 0.752. The molecular weight excluding hydrogens is 202 g/mol. The zero-order valence-electron chi connectivity index (χ0n) is 11.5. The van der Waals surface area contributed by atoms with Crippen molar-refractivity contribution in [2.24, 2.45) is 27.9 Å². The van der Waals surface area contributed by atoms with Crippen LogP contribution in [0.15, 0.2) is 0 Å². The predicted molar refractivity (Wildman–Crippen MR) is 64.8 cm³/mol. The molecule has 1 atom stereocenters. The van der Waals surface area contributed by atoms with Crippen LogP contribution in [0.3, 0.4) is 0 Å². The van der Waals surface area contributed by atoms with E-state index in [1.807, 2.05) is 0 Å². The Morgan fingerprint density at radius 1 is 1.25 bits per heavy atom. The lowest BCUT2D eigenvalue weighted by Crippen LogP contribution is -2.47. The third-order valence-corrected chi connectivity index (χ3v) is 5.02. The second-order valence-corrected chi connectivity index (χ2v) is 6.70. The summed E-state index contributed by atoms with van der Waals surface area (Å²) in [6.45, 7) is 13.1. The molecule has 16 heavy (non-hydrogen) atoms. The summed E-state index contributed by atoms with van der Waals surface area (Å²) in [6.07, 6.45) is 0. The standard InChI is InChI=1S/C13H25NO2/c1-11(2,8(14)9(15)16-7)10-12(3,4)13(10,5)6/h8,10H,14H2,1-7H3. The zero-order valence-corrected chi connectivity index (χ0v) is 11.5. The van der Waals surface area contributed by atoms with Gasteiger partial charge in [-0.3, -0.25) is 4.79 Å². The number of hydrogen-bond acceptors (Lipinski definition) is 3. The molecular formula is C13H25NO2. The normalized spacial score (nSPS) is 25.0. The number of hydrogen-bond donors (Lipinski definition) is 1. The second-order valence-electron chi connectivity index (χ2n) is 6.70. The zero-order chi connectivity index (χ0) is 12.9. The molecule has 0 amide bonds. The van der Waals surface area contributed by atoms with Gasteiger partial charge in [0, 0.05) is 0 Å². The number of nitrogens with two attached hydrogens (primary N) is 1. The summed E-state index contributed by atoms with van der Waals surface area (Å²) in [5.74, 6) is 0.116. The van der Waals surface area contributed by atoms with E-state index in [4.69, 9.17) is 10.5 Å². The molecule has 1 saturated carbocycles. The van der Waals surface area contributed by atoms with Gasteiger partial charge in [0.1, 0.15) is 6.04 Å². The topological polar surface area (TPSA) is 52.3 Å². The largest absolute Gasteiger partial charge is 0.468 e. The maximum absolute atomic E-state index is 11.6. The summed E-state index contributed by atoms with van der Waals surface area (Å²) in [4.78, 5) is 11.6. The molecule has 0 spiro atoms. The molecule has 94 valence electrons. The first kappa shape index (κ1) is 13.5. The SMILES string of the molecule is COC(=O)C(N)C(C)(C)C1C(C)(C)C1(C)C. The predicted octanol–water partition coefficient (Wildman–Crippen LogP) is 2.20. The Bertz CT molecular complexity index is 291. The molecule has 0 aromatic carbocycles. The van der Waals surface area contributed by atoms with Gasteiger partial charge in [-0.1, -0.05) is 41.5 Å². The van der Waals surface area contributed by atoms with Crippen LogP contribution in [0, 0.1) is 22.2 Å². The van der Waals surface area contributed by atoms with Crippen LogP contribution >= 0.6 is 0 Å². The molecule has 0 aliphatic heterocycles. The number of ether oxygens (including phenoxy) is 1. The fourth-order valence-electron chi connectivity index (χ4n) is 3.67. The molecule has 1 rings (SSSR count). The van der Waals surface area contributed by atoms with Crippen LogP contribution < -0.4 is 5.73 Å². The number of carbonyl (C=O) groups is 1. The van der Waals surface area contributed by atoms with E-state index in [0.29, 0.717) is 5.92 Å².